The fourth-order valence-electron chi connectivity index (χ4n) is 1.12. The molecule has 13 heavy (non-hydrogen) atoms. The lowest BCUT2D eigenvalue weighted by molar-refractivity contribution is 0.468. The Hall–Kier alpha value is -0.680. The zero-order chi connectivity index (χ0) is 9.90. The Morgan fingerprint density at radius 2 is 1.69 bits per heavy atom. The molecule has 71 valence electrons. The van der Waals surface area contributed by atoms with Gasteiger partial charge in [-0.25, -0.2) is 0 Å². The molecule has 0 aromatic heterocycles. The first kappa shape index (κ1) is 10.4. The van der Waals surface area contributed by atoms with E-state index in [0.29, 0.717) is 0 Å². The van der Waals surface area contributed by atoms with E-state index in [-0.39, 0.29) is 5.41 Å². The van der Waals surface area contributed by atoms with E-state index < -0.39 is 7.80 Å². The molecule has 0 amide bonds. The maximum Gasteiger partial charge on any atom is 0.104 e. The summed E-state index contributed by atoms with van der Waals surface area (Å²) in [7, 11) is -1.21. The van der Waals surface area contributed by atoms with Gasteiger partial charge in [-0.1, -0.05) is 39.0 Å². The van der Waals surface area contributed by atoms with Gasteiger partial charge in [0.05, 0.1) is 0 Å². The van der Waals surface area contributed by atoms with Crippen LogP contribution in [0.3, 0.4) is 0 Å². The molecule has 1 rings (SSSR count). The largest absolute Gasteiger partial charge is 0.282 e. The standard InChI is InChI=1S/C11H16OP/c1-11(2,3)9-13(12)10-7-5-4-6-8-10/h4-8H,9H2,1-3H3. The van der Waals surface area contributed by atoms with Crippen molar-refractivity contribution in [3.05, 3.63) is 30.3 Å². The van der Waals surface area contributed by atoms with E-state index in [1.165, 1.54) is 0 Å². The summed E-state index contributed by atoms with van der Waals surface area (Å²) in [6.07, 6.45) is 0.756. The van der Waals surface area contributed by atoms with Crippen LogP contribution in [0.4, 0.5) is 0 Å². The Labute approximate surface area is 81.0 Å². The van der Waals surface area contributed by atoms with Gasteiger partial charge in [-0.05, 0) is 17.5 Å². The van der Waals surface area contributed by atoms with Gasteiger partial charge in [0.2, 0.25) is 0 Å². The molecule has 0 aliphatic rings. The number of rotatable bonds is 2. The fourth-order valence-corrected chi connectivity index (χ4v) is 2.67. The van der Waals surface area contributed by atoms with Crippen LogP contribution < -0.4 is 5.30 Å². The maximum absolute atomic E-state index is 11.8. The van der Waals surface area contributed by atoms with Gasteiger partial charge >= 0.3 is 0 Å². The third-order valence-corrected chi connectivity index (χ3v) is 3.77. The van der Waals surface area contributed by atoms with Crippen molar-refractivity contribution in [1.82, 2.24) is 0 Å². The van der Waals surface area contributed by atoms with E-state index in [1.807, 2.05) is 30.3 Å². The first-order valence-electron chi connectivity index (χ1n) is 4.49. The summed E-state index contributed by atoms with van der Waals surface area (Å²) in [5.74, 6) is 0. The second-order valence-electron chi connectivity index (χ2n) is 4.43. The summed E-state index contributed by atoms with van der Waals surface area (Å²) in [5.41, 5.74) is 0.142. The smallest absolute Gasteiger partial charge is 0.104 e. The van der Waals surface area contributed by atoms with Crippen LogP contribution in [0.1, 0.15) is 20.8 Å². The minimum atomic E-state index is -1.21. The van der Waals surface area contributed by atoms with E-state index in [1.54, 1.807) is 0 Å². The second kappa shape index (κ2) is 4.02. The lowest BCUT2D eigenvalue weighted by Crippen LogP contribution is -2.11. The van der Waals surface area contributed by atoms with E-state index in [9.17, 15) is 4.57 Å². The molecule has 0 aliphatic heterocycles. The highest BCUT2D eigenvalue weighted by molar-refractivity contribution is 7.53. The lowest BCUT2D eigenvalue weighted by atomic mass is 10.0. The van der Waals surface area contributed by atoms with Crippen molar-refractivity contribution in [1.29, 1.82) is 0 Å². The molecule has 0 N–H and O–H groups in total. The Kier molecular flexibility index (Phi) is 3.22. The van der Waals surface area contributed by atoms with Crippen LogP contribution in [0.25, 0.3) is 0 Å². The average molecular weight is 195 g/mol. The van der Waals surface area contributed by atoms with Crippen LogP contribution in [-0.2, 0) is 4.57 Å². The quantitative estimate of drug-likeness (QED) is 0.662. The number of hydrogen-bond acceptors (Lipinski definition) is 1. The van der Waals surface area contributed by atoms with Crippen LogP contribution in [0.5, 0.6) is 0 Å². The SMILES string of the molecule is CC(C)(C)C[P](=O)c1ccccc1. The zero-order valence-corrected chi connectivity index (χ0v) is 9.34. The number of benzene rings is 1. The normalized spacial score (nSPS) is 12.7. The Bertz CT molecular complexity index is 285. The molecule has 0 spiro atoms. The van der Waals surface area contributed by atoms with E-state index in [0.717, 1.165) is 11.5 Å². The fraction of sp³-hybridized carbons (Fsp3) is 0.455. The predicted molar refractivity (Wildman–Crippen MR) is 58.0 cm³/mol. The molecular formula is C11H16OP. The summed E-state index contributed by atoms with van der Waals surface area (Å²) in [6.45, 7) is 6.34. The van der Waals surface area contributed by atoms with Crippen molar-refractivity contribution in [2.75, 3.05) is 6.16 Å². The van der Waals surface area contributed by atoms with Crippen molar-refractivity contribution in [3.8, 4) is 0 Å². The van der Waals surface area contributed by atoms with Crippen LogP contribution in [0.15, 0.2) is 30.3 Å². The predicted octanol–water partition coefficient (Wildman–Crippen LogP) is 3.19. The lowest BCUT2D eigenvalue weighted by Gasteiger charge is -2.16. The van der Waals surface area contributed by atoms with E-state index in [4.69, 9.17) is 0 Å². The van der Waals surface area contributed by atoms with Gasteiger partial charge in [-0.15, -0.1) is 0 Å². The van der Waals surface area contributed by atoms with Crippen molar-refractivity contribution in [3.63, 3.8) is 0 Å². The molecule has 0 bridgehead atoms. The first-order chi connectivity index (χ1) is 5.99. The van der Waals surface area contributed by atoms with Crippen LogP contribution in [0, 0.1) is 5.41 Å². The third kappa shape index (κ3) is 3.69. The van der Waals surface area contributed by atoms with Crippen LogP contribution >= 0.6 is 7.80 Å². The molecule has 0 heterocycles. The van der Waals surface area contributed by atoms with Crippen molar-refractivity contribution >= 4 is 13.1 Å². The molecule has 1 nitrogen and oxygen atoms in total. The topological polar surface area (TPSA) is 17.1 Å². The first-order valence-corrected chi connectivity index (χ1v) is 5.93. The van der Waals surface area contributed by atoms with Crippen molar-refractivity contribution in [2.45, 2.75) is 20.8 Å². The minimum absolute atomic E-state index is 0.142. The van der Waals surface area contributed by atoms with Crippen LogP contribution in [-0.4, -0.2) is 6.16 Å². The van der Waals surface area contributed by atoms with Gasteiger partial charge in [0.25, 0.3) is 0 Å². The Balaban J connectivity index is 2.71. The van der Waals surface area contributed by atoms with Gasteiger partial charge in [0.15, 0.2) is 0 Å². The Morgan fingerprint density at radius 1 is 1.15 bits per heavy atom. The molecule has 0 saturated heterocycles. The summed E-state index contributed by atoms with van der Waals surface area (Å²) >= 11 is 0. The van der Waals surface area contributed by atoms with Gasteiger partial charge in [-0.2, -0.15) is 0 Å². The zero-order valence-electron chi connectivity index (χ0n) is 8.45. The molecule has 1 unspecified atom stereocenters. The third-order valence-electron chi connectivity index (χ3n) is 1.66. The highest BCUT2D eigenvalue weighted by atomic mass is 31.1. The summed E-state index contributed by atoms with van der Waals surface area (Å²) < 4.78 is 11.8. The van der Waals surface area contributed by atoms with Gasteiger partial charge in [-0.3, -0.25) is 4.57 Å². The molecule has 1 atom stereocenters. The highest BCUT2D eigenvalue weighted by Gasteiger charge is 2.16. The molecule has 0 saturated carbocycles. The van der Waals surface area contributed by atoms with Gasteiger partial charge in [0.1, 0.15) is 7.80 Å². The number of hydrogen-bond donors (Lipinski definition) is 0. The maximum atomic E-state index is 11.8. The second-order valence-corrected chi connectivity index (χ2v) is 6.02. The molecule has 1 radical (unpaired) electrons. The summed E-state index contributed by atoms with van der Waals surface area (Å²) in [4.78, 5) is 0. The molecule has 1 aromatic carbocycles. The molecule has 2 heteroatoms. The summed E-state index contributed by atoms with van der Waals surface area (Å²) in [5, 5.41) is 0.965. The monoisotopic (exact) mass is 195 g/mol. The van der Waals surface area contributed by atoms with Crippen molar-refractivity contribution in [2.24, 2.45) is 5.41 Å². The molecular weight excluding hydrogens is 179 g/mol. The average Bonchev–Trinajstić information content (AvgIpc) is 2.03. The van der Waals surface area contributed by atoms with E-state index in [2.05, 4.69) is 20.8 Å². The van der Waals surface area contributed by atoms with E-state index >= 15 is 0 Å². The highest BCUT2D eigenvalue weighted by Crippen LogP contribution is 2.29. The van der Waals surface area contributed by atoms with Crippen molar-refractivity contribution < 1.29 is 4.57 Å². The molecule has 0 fully saturated rings. The van der Waals surface area contributed by atoms with Gasteiger partial charge in [0, 0.05) is 11.5 Å². The Morgan fingerprint density at radius 3 is 2.15 bits per heavy atom. The minimum Gasteiger partial charge on any atom is -0.282 e. The summed E-state index contributed by atoms with van der Waals surface area (Å²) in [6, 6.07) is 9.69. The molecule has 0 aliphatic carbocycles. The molecule has 1 aromatic rings. The van der Waals surface area contributed by atoms with Gasteiger partial charge < -0.3 is 0 Å². The van der Waals surface area contributed by atoms with Crippen LogP contribution in [0.2, 0.25) is 0 Å².